The topological polar surface area (TPSA) is 59.5 Å². The second-order valence-electron chi connectivity index (χ2n) is 4.69. The van der Waals surface area contributed by atoms with E-state index in [2.05, 4.69) is 4.98 Å². The van der Waals surface area contributed by atoms with E-state index >= 15 is 0 Å². The Kier molecular flexibility index (Phi) is 4.87. The molecular weight excluding hydrogens is 256 g/mol. The molecule has 1 fully saturated rings. The highest BCUT2D eigenvalue weighted by Crippen LogP contribution is 2.18. The maximum Gasteiger partial charge on any atom is 0.328 e. The fraction of sp³-hybridized carbons (Fsp3) is 0.400. The molecule has 1 amide bonds. The van der Waals surface area contributed by atoms with Crippen molar-refractivity contribution in [3.05, 3.63) is 36.2 Å². The summed E-state index contributed by atoms with van der Waals surface area (Å²) in [4.78, 5) is 29.5. The predicted molar refractivity (Wildman–Crippen MR) is 74.6 cm³/mol. The first-order valence-corrected chi connectivity index (χ1v) is 6.69. The van der Waals surface area contributed by atoms with Crippen LogP contribution in [0, 0.1) is 0 Å². The van der Waals surface area contributed by atoms with Gasteiger partial charge in [-0.1, -0.05) is 6.07 Å². The Hall–Kier alpha value is -2.17. The average Bonchev–Trinajstić information content (AvgIpc) is 2.52. The van der Waals surface area contributed by atoms with E-state index in [9.17, 15) is 9.59 Å². The minimum absolute atomic E-state index is 0.163. The van der Waals surface area contributed by atoms with Gasteiger partial charge in [0.15, 0.2) is 0 Å². The second-order valence-corrected chi connectivity index (χ2v) is 4.69. The molecule has 0 aromatic carbocycles. The van der Waals surface area contributed by atoms with Crippen molar-refractivity contribution >= 4 is 18.0 Å². The standard InChI is InChI=1S/C15H18N2O3/c1-20-15(19)13-6-2-3-10-17(13)14(18)8-7-12-5-4-9-16-11-12/h4-5,7-9,11,13H,2-3,6,10H2,1H3/b8-7+. The van der Waals surface area contributed by atoms with E-state index in [0.29, 0.717) is 13.0 Å². The van der Waals surface area contributed by atoms with Gasteiger partial charge >= 0.3 is 5.97 Å². The van der Waals surface area contributed by atoms with E-state index in [1.807, 2.05) is 12.1 Å². The van der Waals surface area contributed by atoms with Gasteiger partial charge in [0, 0.05) is 25.0 Å². The van der Waals surface area contributed by atoms with Gasteiger partial charge < -0.3 is 9.64 Å². The minimum Gasteiger partial charge on any atom is -0.467 e. The summed E-state index contributed by atoms with van der Waals surface area (Å²) in [5.74, 6) is -0.503. The van der Waals surface area contributed by atoms with Crippen molar-refractivity contribution in [2.75, 3.05) is 13.7 Å². The highest BCUT2D eigenvalue weighted by atomic mass is 16.5. The summed E-state index contributed by atoms with van der Waals surface area (Å²) in [5, 5.41) is 0. The van der Waals surface area contributed by atoms with Crippen LogP contribution in [0.15, 0.2) is 30.6 Å². The molecule has 5 nitrogen and oxygen atoms in total. The molecule has 0 spiro atoms. The number of piperidine rings is 1. The third-order valence-corrected chi connectivity index (χ3v) is 3.36. The first-order chi connectivity index (χ1) is 9.72. The number of carbonyl (C=O) groups is 2. The molecule has 1 unspecified atom stereocenters. The largest absolute Gasteiger partial charge is 0.467 e. The maximum atomic E-state index is 12.2. The monoisotopic (exact) mass is 274 g/mol. The van der Waals surface area contributed by atoms with Crippen molar-refractivity contribution in [1.82, 2.24) is 9.88 Å². The van der Waals surface area contributed by atoms with Crippen molar-refractivity contribution in [3.8, 4) is 0 Å². The van der Waals surface area contributed by atoms with Gasteiger partial charge in [0.2, 0.25) is 5.91 Å². The van der Waals surface area contributed by atoms with Crippen LogP contribution in [0.3, 0.4) is 0 Å². The van der Waals surface area contributed by atoms with Gasteiger partial charge in [-0.15, -0.1) is 0 Å². The van der Waals surface area contributed by atoms with E-state index in [1.54, 1.807) is 23.4 Å². The predicted octanol–water partition coefficient (Wildman–Crippen LogP) is 1.65. The van der Waals surface area contributed by atoms with Crippen molar-refractivity contribution in [2.45, 2.75) is 25.3 Å². The van der Waals surface area contributed by atoms with E-state index in [0.717, 1.165) is 18.4 Å². The lowest BCUT2D eigenvalue weighted by Gasteiger charge is -2.32. The minimum atomic E-state index is -0.459. The number of pyridine rings is 1. The number of ether oxygens (including phenoxy) is 1. The van der Waals surface area contributed by atoms with Crippen molar-refractivity contribution < 1.29 is 14.3 Å². The molecule has 0 saturated carbocycles. The Morgan fingerprint density at radius 1 is 1.45 bits per heavy atom. The smallest absolute Gasteiger partial charge is 0.328 e. The number of hydrogen-bond donors (Lipinski definition) is 0. The highest BCUT2D eigenvalue weighted by Gasteiger charge is 2.31. The van der Waals surface area contributed by atoms with Crippen LogP contribution in [0.4, 0.5) is 0 Å². The number of rotatable bonds is 3. The third-order valence-electron chi connectivity index (χ3n) is 3.36. The Labute approximate surface area is 118 Å². The lowest BCUT2D eigenvalue weighted by atomic mass is 10.0. The number of carbonyl (C=O) groups excluding carboxylic acids is 2. The van der Waals surface area contributed by atoms with Gasteiger partial charge in [-0.2, -0.15) is 0 Å². The number of esters is 1. The number of likely N-dealkylation sites (tertiary alicyclic amines) is 1. The van der Waals surface area contributed by atoms with Crippen LogP contribution in [-0.2, 0) is 14.3 Å². The van der Waals surface area contributed by atoms with Gasteiger partial charge in [-0.25, -0.2) is 4.79 Å². The summed E-state index contributed by atoms with van der Waals surface area (Å²) in [6.45, 7) is 0.593. The zero-order valence-electron chi connectivity index (χ0n) is 11.5. The summed E-state index contributed by atoms with van der Waals surface area (Å²) >= 11 is 0. The van der Waals surface area contributed by atoms with Gasteiger partial charge in [0.25, 0.3) is 0 Å². The van der Waals surface area contributed by atoms with Gasteiger partial charge in [0.05, 0.1) is 7.11 Å². The summed E-state index contributed by atoms with van der Waals surface area (Å²) in [6.07, 6.45) is 9.07. The first kappa shape index (κ1) is 14.2. The molecule has 0 bridgehead atoms. The fourth-order valence-corrected chi connectivity index (χ4v) is 2.31. The van der Waals surface area contributed by atoms with E-state index in [1.165, 1.54) is 13.2 Å². The van der Waals surface area contributed by atoms with Crippen LogP contribution < -0.4 is 0 Å². The molecule has 1 saturated heterocycles. The second kappa shape index (κ2) is 6.84. The Morgan fingerprint density at radius 3 is 3.00 bits per heavy atom. The average molecular weight is 274 g/mol. The van der Waals surface area contributed by atoms with Crippen LogP contribution in [-0.4, -0.2) is 41.5 Å². The molecule has 2 heterocycles. The Balaban J connectivity index is 2.06. The zero-order valence-corrected chi connectivity index (χ0v) is 11.5. The molecular formula is C15H18N2O3. The van der Waals surface area contributed by atoms with Crippen LogP contribution in [0.2, 0.25) is 0 Å². The molecule has 1 aromatic rings. The number of amides is 1. The first-order valence-electron chi connectivity index (χ1n) is 6.69. The lowest BCUT2D eigenvalue weighted by Crippen LogP contribution is -2.47. The fourth-order valence-electron chi connectivity index (χ4n) is 2.31. The van der Waals surface area contributed by atoms with Gasteiger partial charge in [-0.05, 0) is 37.0 Å². The molecule has 0 N–H and O–H groups in total. The van der Waals surface area contributed by atoms with Crippen LogP contribution in [0.25, 0.3) is 6.08 Å². The molecule has 1 atom stereocenters. The molecule has 1 aliphatic rings. The molecule has 2 rings (SSSR count). The van der Waals surface area contributed by atoms with Gasteiger partial charge in [0.1, 0.15) is 6.04 Å². The van der Waals surface area contributed by atoms with E-state index < -0.39 is 6.04 Å². The Morgan fingerprint density at radius 2 is 2.30 bits per heavy atom. The van der Waals surface area contributed by atoms with Crippen molar-refractivity contribution in [3.63, 3.8) is 0 Å². The molecule has 106 valence electrons. The SMILES string of the molecule is COC(=O)C1CCCCN1C(=O)/C=C/c1cccnc1. The molecule has 1 aliphatic heterocycles. The van der Waals surface area contributed by atoms with Crippen molar-refractivity contribution in [2.24, 2.45) is 0 Å². The van der Waals surface area contributed by atoms with Crippen LogP contribution in [0.1, 0.15) is 24.8 Å². The van der Waals surface area contributed by atoms with Gasteiger partial charge in [-0.3, -0.25) is 9.78 Å². The molecule has 0 radical (unpaired) electrons. The highest BCUT2D eigenvalue weighted by molar-refractivity contribution is 5.94. The maximum absolute atomic E-state index is 12.2. The normalized spacial score (nSPS) is 19.1. The van der Waals surface area contributed by atoms with Crippen LogP contribution >= 0.6 is 0 Å². The summed E-state index contributed by atoms with van der Waals surface area (Å²) in [5.41, 5.74) is 0.854. The quantitative estimate of drug-likeness (QED) is 0.621. The molecule has 0 aliphatic carbocycles. The summed E-state index contributed by atoms with van der Waals surface area (Å²) in [7, 11) is 1.35. The number of methoxy groups -OCH3 is 1. The number of hydrogen-bond acceptors (Lipinski definition) is 4. The Bertz CT molecular complexity index is 499. The molecule has 5 heteroatoms. The lowest BCUT2D eigenvalue weighted by molar-refractivity contribution is -0.153. The van der Waals surface area contributed by atoms with Crippen LogP contribution in [0.5, 0.6) is 0 Å². The van der Waals surface area contributed by atoms with E-state index in [4.69, 9.17) is 4.74 Å². The third kappa shape index (κ3) is 3.44. The van der Waals surface area contributed by atoms with Crippen molar-refractivity contribution in [1.29, 1.82) is 0 Å². The summed E-state index contributed by atoms with van der Waals surface area (Å²) in [6, 6.07) is 3.22. The zero-order chi connectivity index (χ0) is 14.4. The molecule has 20 heavy (non-hydrogen) atoms. The number of nitrogens with zero attached hydrogens (tertiary/aromatic N) is 2. The number of aromatic nitrogens is 1. The molecule has 1 aromatic heterocycles. The summed E-state index contributed by atoms with van der Waals surface area (Å²) < 4.78 is 4.77. The van der Waals surface area contributed by atoms with E-state index in [-0.39, 0.29) is 11.9 Å².